The number of hydrogen-bond donors (Lipinski definition) is 2. The molecule has 6 nitrogen and oxygen atoms in total. The highest BCUT2D eigenvalue weighted by atomic mass is 35.5. The number of benzene rings is 1. The minimum absolute atomic E-state index is 0.0500. The molecule has 0 spiro atoms. The molecular weight excluding hydrogens is 284 g/mol. The number of carboxylic acid groups (broad SMARTS) is 1. The monoisotopic (exact) mass is 294 g/mol. The maximum Gasteiger partial charge on any atom is 0.512 e. The number of para-hydroxylation sites is 1. The number of rotatable bonds is 3. The summed E-state index contributed by atoms with van der Waals surface area (Å²) in [6.45, 7) is 0. The Morgan fingerprint density at radius 1 is 1.40 bits per heavy atom. The topological polar surface area (TPSA) is 94.7 Å². The highest BCUT2D eigenvalue weighted by Gasteiger charge is 2.16. The molecule has 104 valence electrons. The van der Waals surface area contributed by atoms with E-state index >= 15 is 0 Å². The molecule has 20 heavy (non-hydrogen) atoms. The molecule has 0 radical (unpaired) electrons. The SMILES string of the molecule is COc1ccccc1-c1cc(N)c(Cl)c(OC(=O)O)n1. The van der Waals surface area contributed by atoms with Crippen LogP contribution in [0.3, 0.4) is 0 Å². The van der Waals surface area contributed by atoms with E-state index in [1.165, 1.54) is 13.2 Å². The van der Waals surface area contributed by atoms with Crippen LogP contribution in [0, 0.1) is 0 Å². The van der Waals surface area contributed by atoms with Gasteiger partial charge in [-0.25, -0.2) is 9.78 Å². The van der Waals surface area contributed by atoms with Crippen LogP contribution in [-0.4, -0.2) is 23.4 Å². The van der Waals surface area contributed by atoms with Gasteiger partial charge in [0.05, 0.1) is 18.5 Å². The van der Waals surface area contributed by atoms with Crippen molar-refractivity contribution < 1.29 is 19.4 Å². The van der Waals surface area contributed by atoms with Gasteiger partial charge in [0.25, 0.3) is 0 Å². The summed E-state index contributed by atoms with van der Waals surface area (Å²) in [6.07, 6.45) is -1.52. The van der Waals surface area contributed by atoms with E-state index in [9.17, 15) is 4.79 Å². The number of hydrogen-bond acceptors (Lipinski definition) is 5. The Morgan fingerprint density at radius 3 is 2.75 bits per heavy atom. The second-order valence-electron chi connectivity index (χ2n) is 3.78. The summed E-state index contributed by atoms with van der Waals surface area (Å²) >= 11 is 5.86. The minimum Gasteiger partial charge on any atom is -0.496 e. The number of halogens is 1. The first-order chi connectivity index (χ1) is 9.52. The summed E-state index contributed by atoms with van der Waals surface area (Å²) in [5.74, 6) is 0.308. The van der Waals surface area contributed by atoms with Crippen molar-refractivity contribution >= 4 is 23.4 Å². The second-order valence-corrected chi connectivity index (χ2v) is 4.16. The summed E-state index contributed by atoms with van der Waals surface area (Å²) in [6, 6.07) is 8.63. The van der Waals surface area contributed by atoms with Crippen molar-refractivity contribution in [1.29, 1.82) is 0 Å². The molecule has 0 bridgehead atoms. The number of nitrogens with two attached hydrogens (primary N) is 1. The highest BCUT2D eigenvalue weighted by molar-refractivity contribution is 6.34. The third kappa shape index (κ3) is 2.75. The first kappa shape index (κ1) is 14.0. The molecule has 2 rings (SSSR count). The minimum atomic E-state index is -1.52. The number of ether oxygens (including phenoxy) is 2. The molecule has 3 N–H and O–H groups in total. The summed E-state index contributed by atoms with van der Waals surface area (Å²) < 4.78 is 9.73. The quantitative estimate of drug-likeness (QED) is 0.845. The van der Waals surface area contributed by atoms with Crippen molar-refractivity contribution in [1.82, 2.24) is 4.98 Å². The van der Waals surface area contributed by atoms with Gasteiger partial charge in [-0.1, -0.05) is 23.7 Å². The van der Waals surface area contributed by atoms with E-state index in [-0.39, 0.29) is 16.6 Å². The van der Waals surface area contributed by atoms with E-state index in [1.54, 1.807) is 24.3 Å². The normalized spacial score (nSPS) is 10.1. The van der Waals surface area contributed by atoms with Crippen molar-refractivity contribution in [3.8, 4) is 22.9 Å². The van der Waals surface area contributed by atoms with Crippen LogP contribution >= 0.6 is 11.6 Å². The molecule has 0 aliphatic carbocycles. The average molecular weight is 295 g/mol. The molecule has 0 unspecified atom stereocenters. The molecule has 0 amide bonds. The van der Waals surface area contributed by atoms with Crippen LogP contribution < -0.4 is 15.2 Å². The number of aromatic nitrogens is 1. The van der Waals surface area contributed by atoms with Gasteiger partial charge in [0.1, 0.15) is 10.8 Å². The molecular formula is C13H11ClN2O4. The lowest BCUT2D eigenvalue weighted by Gasteiger charge is -2.11. The van der Waals surface area contributed by atoms with Gasteiger partial charge in [-0.3, -0.25) is 0 Å². The standard InChI is InChI=1S/C13H11ClN2O4/c1-19-10-5-3-2-4-7(10)9-6-8(15)11(14)12(16-9)20-13(17)18/h2-6H,1H3,(H2,15,16)(H,17,18). The van der Waals surface area contributed by atoms with Crippen molar-refractivity contribution in [2.75, 3.05) is 12.8 Å². The number of methoxy groups -OCH3 is 1. The van der Waals surface area contributed by atoms with E-state index < -0.39 is 6.16 Å². The zero-order valence-electron chi connectivity index (χ0n) is 10.5. The van der Waals surface area contributed by atoms with Gasteiger partial charge in [-0.2, -0.15) is 0 Å². The molecule has 0 saturated carbocycles. The molecule has 0 atom stereocenters. The predicted octanol–water partition coefficient (Wildman–Crippen LogP) is 3.05. The smallest absolute Gasteiger partial charge is 0.496 e. The van der Waals surface area contributed by atoms with Gasteiger partial charge < -0.3 is 20.3 Å². The average Bonchev–Trinajstić information content (AvgIpc) is 2.43. The van der Waals surface area contributed by atoms with E-state index in [0.717, 1.165) is 0 Å². The van der Waals surface area contributed by atoms with Gasteiger partial charge >= 0.3 is 6.16 Å². The van der Waals surface area contributed by atoms with Crippen LogP contribution in [0.5, 0.6) is 11.6 Å². The fourth-order valence-corrected chi connectivity index (χ4v) is 1.80. The Hall–Kier alpha value is -2.47. The third-order valence-corrected chi connectivity index (χ3v) is 2.90. The lowest BCUT2D eigenvalue weighted by molar-refractivity contribution is 0.142. The number of pyridine rings is 1. The first-order valence-electron chi connectivity index (χ1n) is 5.53. The summed E-state index contributed by atoms with van der Waals surface area (Å²) in [5, 5.41) is 8.61. The molecule has 1 heterocycles. The predicted molar refractivity (Wildman–Crippen MR) is 74.3 cm³/mol. The van der Waals surface area contributed by atoms with Gasteiger partial charge in [-0.15, -0.1) is 0 Å². The lowest BCUT2D eigenvalue weighted by atomic mass is 10.1. The molecule has 7 heteroatoms. The van der Waals surface area contributed by atoms with Gasteiger partial charge in [0.2, 0.25) is 5.88 Å². The Balaban J connectivity index is 2.57. The summed E-state index contributed by atoms with van der Waals surface area (Å²) in [5.41, 5.74) is 6.96. The number of nitrogens with zero attached hydrogens (tertiary/aromatic N) is 1. The van der Waals surface area contributed by atoms with Crippen molar-refractivity contribution in [2.45, 2.75) is 0 Å². The zero-order valence-corrected chi connectivity index (χ0v) is 11.2. The fourth-order valence-electron chi connectivity index (χ4n) is 1.67. The van der Waals surface area contributed by atoms with Crippen LogP contribution in [0.4, 0.5) is 10.5 Å². The molecule has 0 fully saturated rings. The van der Waals surface area contributed by atoms with Crippen LogP contribution in [0.2, 0.25) is 5.02 Å². The third-order valence-electron chi connectivity index (χ3n) is 2.52. The number of carbonyl (C=O) groups is 1. The van der Waals surface area contributed by atoms with Gasteiger partial charge in [0, 0.05) is 5.56 Å². The Labute approximate surface area is 119 Å². The van der Waals surface area contributed by atoms with Crippen LogP contribution in [0.25, 0.3) is 11.3 Å². The molecule has 0 aliphatic rings. The maximum absolute atomic E-state index is 10.6. The van der Waals surface area contributed by atoms with Crippen LogP contribution in [0.15, 0.2) is 30.3 Å². The first-order valence-corrected chi connectivity index (χ1v) is 5.91. The highest BCUT2D eigenvalue weighted by Crippen LogP contribution is 2.35. The van der Waals surface area contributed by atoms with E-state index in [2.05, 4.69) is 9.72 Å². The van der Waals surface area contributed by atoms with E-state index in [4.69, 9.17) is 27.2 Å². The van der Waals surface area contributed by atoms with Gasteiger partial charge in [0.15, 0.2) is 0 Å². The Kier molecular flexibility index (Phi) is 3.95. The molecule has 0 saturated heterocycles. The molecule has 2 aromatic rings. The van der Waals surface area contributed by atoms with Crippen molar-refractivity contribution in [3.63, 3.8) is 0 Å². The second kappa shape index (κ2) is 5.66. The molecule has 0 aliphatic heterocycles. The number of nitrogen functional groups attached to an aromatic ring is 1. The largest absolute Gasteiger partial charge is 0.512 e. The number of anilines is 1. The molecule has 1 aromatic carbocycles. The summed E-state index contributed by atoms with van der Waals surface area (Å²) in [7, 11) is 1.52. The van der Waals surface area contributed by atoms with Crippen LogP contribution in [0.1, 0.15) is 0 Å². The van der Waals surface area contributed by atoms with Crippen molar-refractivity contribution in [3.05, 3.63) is 35.4 Å². The Morgan fingerprint density at radius 2 is 2.10 bits per heavy atom. The molecule has 1 aromatic heterocycles. The van der Waals surface area contributed by atoms with Gasteiger partial charge in [-0.05, 0) is 18.2 Å². The summed E-state index contributed by atoms with van der Waals surface area (Å²) in [4.78, 5) is 14.7. The zero-order chi connectivity index (χ0) is 14.7. The van der Waals surface area contributed by atoms with E-state index in [1.807, 2.05) is 0 Å². The Bertz CT molecular complexity index is 661. The van der Waals surface area contributed by atoms with Crippen LogP contribution in [-0.2, 0) is 0 Å². The lowest BCUT2D eigenvalue weighted by Crippen LogP contribution is -2.07. The van der Waals surface area contributed by atoms with E-state index in [0.29, 0.717) is 17.0 Å². The maximum atomic E-state index is 10.6. The van der Waals surface area contributed by atoms with Crippen molar-refractivity contribution in [2.24, 2.45) is 0 Å². The fraction of sp³-hybridized carbons (Fsp3) is 0.0769.